The minimum atomic E-state index is -5.39. The molecule has 0 aliphatic carbocycles. The van der Waals surface area contributed by atoms with Crippen LogP contribution in [-0.2, 0) is 9.36 Å². The Morgan fingerprint density at radius 3 is 1.18 bits per heavy atom. The number of aliphatic hydroxyl groups excluding tert-OH is 1. The monoisotopic (exact) mass is 350 g/mol. The van der Waals surface area contributed by atoms with Crippen molar-refractivity contribution in [1.29, 1.82) is 0 Å². The Morgan fingerprint density at radius 2 is 1.18 bits per heavy atom. The Labute approximate surface area is 237 Å². The largest absolute Gasteiger partial charge is 1.00 e. The molecule has 1 N–H and O–H groups in total. The van der Waals surface area contributed by atoms with Crippen molar-refractivity contribution in [2.24, 2.45) is 0 Å². The Balaban J connectivity index is -0.0000000118. The molecule has 0 aromatic rings. The van der Waals surface area contributed by atoms with Gasteiger partial charge in [0.15, 0.2) is 0 Å². The normalized spacial score (nSPS) is 8.29. The molecule has 0 fully saturated rings. The average Bonchev–Trinajstić information content (AvgIpc) is 1.59. The van der Waals surface area contributed by atoms with Crippen LogP contribution in [0.4, 0.5) is 0 Å². The van der Waals surface area contributed by atoms with Crippen molar-refractivity contribution >= 4 is 13.8 Å². The molecule has 0 heterocycles. The van der Waals surface area contributed by atoms with Crippen LogP contribution in [0.2, 0.25) is 0 Å². The van der Waals surface area contributed by atoms with Crippen molar-refractivity contribution in [2.45, 2.75) is 13.0 Å². The third kappa shape index (κ3) is 90.8. The predicted octanol–water partition coefficient (Wildman–Crippen LogP) is -22.7. The van der Waals surface area contributed by atoms with Crippen molar-refractivity contribution < 1.29 is 216 Å². The second-order valence-corrected chi connectivity index (χ2v) is 2.34. The molecule has 0 aromatic carbocycles. The van der Waals surface area contributed by atoms with Crippen LogP contribution in [0.5, 0.6) is 0 Å². The maximum atomic E-state index is 9.34. The molecule has 1 unspecified atom stereocenters. The molecule has 76 valence electrons. The van der Waals surface area contributed by atoms with E-state index in [-0.39, 0.29) is 182 Å². The summed E-state index contributed by atoms with van der Waals surface area (Å²) in [5, 5.41) is 17.3. The number of hydrogen-bond acceptors (Lipinski definition) is 7. The molecular weight excluding hydrogens is 346 g/mol. The van der Waals surface area contributed by atoms with Crippen LogP contribution in [-0.4, -0.2) is 17.2 Å². The van der Waals surface area contributed by atoms with Crippen LogP contribution in [0, 0.1) is 0 Å². The van der Waals surface area contributed by atoms with Gasteiger partial charge in [0.1, 0.15) is 0 Å². The van der Waals surface area contributed by atoms with Crippen LogP contribution in [0.15, 0.2) is 0 Å². The minimum Gasteiger partial charge on any atom is -1.00 e. The van der Waals surface area contributed by atoms with E-state index in [9.17, 15) is 9.90 Å². The summed E-state index contributed by atoms with van der Waals surface area (Å²) < 4.78 is 8.55. The smallest absolute Gasteiger partial charge is 1.00 e. The number of carboxylic acids is 1. The fourth-order valence-electron chi connectivity index (χ4n) is 0. The van der Waals surface area contributed by atoms with E-state index in [1.165, 1.54) is 0 Å². The molecule has 14 heteroatoms. The Morgan fingerprint density at radius 1 is 1.12 bits per heavy atom. The third-order valence-corrected chi connectivity index (χ3v) is 0.341. The zero-order valence-electron chi connectivity index (χ0n) is 10.8. The fraction of sp³-hybridized carbons (Fsp3) is 0.667. The van der Waals surface area contributed by atoms with Gasteiger partial charge in [-0.15, -0.1) is 0 Å². The summed E-state index contributed by atoms with van der Waals surface area (Å²) in [5.41, 5.74) is 0. The Hall–Kier alpha value is 5.47. The standard InChI is InChI=1S/C3H6O3.ClH.K.4Na.H3O4P/c1-2(4)3(5)6;;;;;;;1-5(2,3)4/h2,4H,1H3,(H,5,6);1H;;;;;;(H3,1,2,3,4)/q;;5*+1;/p-5. The van der Waals surface area contributed by atoms with Gasteiger partial charge in [-0.05, 0) is 6.92 Å². The van der Waals surface area contributed by atoms with E-state index in [0.717, 1.165) is 6.92 Å². The molecule has 17 heavy (non-hydrogen) atoms. The van der Waals surface area contributed by atoms with Gasteiger partial charge in [0.05, 0.1) is 12.1 Å². The third-order valence-electron chi connectivity index (χ3n) is 0.341. The number of aliphatic hydroxyl groups is 1. The molecule has 7 nitrogen and oxygen atoms in total. The molecule has 0 radical (unpaired) electrons. The predicted molar refractivity (Wildman–Crippen MR) is 24.3 cm³/mol. The van der Waals surface area contributed by atoms with E-state index in [2.05, 4.69) is 0 Å². The van der Waals surface area contributed by atoms with Gasteiger partial charge in [0, 0.05) is 0 Å². The van der Waals surface area contributed by atoms with Crippen LogP contribution in [0.1, 0.15) is 6.92 Å². The van der Waals surface area contributed by atoms with Gasteiger partial charge in [-0.3, -0.25) is 0 Å². The summed E-state index contributed by atoms with van der Waals surface area (Å²) in [6, 6.07) is 0. The molecule has 0 saturated carbocycles. The fourth-order valence-corrected chi connectivity index (χ4v) is 0. The van der Waals surface area contributed by atoms with Gasteiger partial charge >= 0.3 is 170 Å². The number of rotatable bonds is 1. The summed E-state index contributed by atoms with van der Waals surface area (Å²) in [6.45, 7) is 1.13. The van der Waals surface area contributed by atoms with E-state index < -0.39 is 19.9 Å². The maximum Gasteiger partial charge on any atom is 1.00 e. The first-order valence-corrected chi connectivity index (χ1v) is 3.72. The first-order valence-electron chi connectivity index (χ1n) is 2.26. The molecule has 0 aromatic heterocycles. The number of carbonyl (C=O) groups excluding carboxylic acids is 1. The van der Waals surface area contributed by atoms with Crippen molar-refractivity contribution in [3.8, 4) is 0 Å². The number of halogens is 1. The van der Waals surface area contributed by atoms with Crippen molar-refractivity contribution in [3.63, 3.8) is 0 Å². The first-order chi connectivity index (χ1) is 4.64. The van der Waals surface area contributed by atoms with Crippen LogP contribution < -0.4 is 202 Å². The van der Waals surface area contributed by atoms with Gasteiger partial charge in [0.25, 0.3) is 0 Å². The quantitative estimate of drug-likeness (QED) is 0.365. The SMILES string of the molecule is CC(O)C(=O)[O-].O=P([O-])([O-])[O-].[Cl-].[K+].[Na+].[Na+].[Na+].[Na+]. The molecular formula is C3H5ClKNa4O7P. The number of hydrogen-bond donors (Lipinski definition) is 1. The van der Waals surface area contributed by atoms with E-state index in [1.54, 1.807) is 0 Å². The summed E-state index contributed by atoms with van der Waals surface area (Å²) in [5.74, 6) is -1.44. The van der Waals surface area contributed by atoms with E-state index in [0.29, 0.717) is 0 Å². The zero-order valence-corrected chi connectivity index (χ0v) is 23.6. The zero-order chi connectivity index (χ0) is 9.65. The van der Waals surface area contributed by atoms with Crippen molar-refractivity contribution in [3.05, 3.63) is 0 Å². The van der Waals surface area contributed by atoms with Gasteiger partial charge in [-0.25, -0.2) is 0 Å². The second-order valence-electron chi connectivity index (χ2n) is 1.44. The first kappa shape index (κ1) is 49.5. The summed E-state index contributed by atoms with van der Waals surface area (Å²) in [6.07, 6.45) is -1.34. The van der Waals surface area contributed by atoms with Crippen molar-refractivity contribution in [1.82, 2.24) is 0 Å². The number of aliphatic carboxylic acids is 1. The van der Waals surface area contributed by atoms with Crippen molar-refractivity contribution in [2.75, 3.05) is 0 Å². The molecule has 0 amide bonds. The molecule has 1 atom stereocenters. The molecule has 0 rings (SSSR count). The molecule has 0 aliphatic rings. The summed E-state index contributed by atoms with van der Waals surface area (Å²) >= 11 is 0. The van der Waals surface area contributed by atoms with Crippen LogP contribution in [0.3, 0.4) is 0 Å². The molecule has 0 spiro atoms. The average molecular weight is 351 g/mol. The summed E-state index contributed by atoms with van der Waals surface area (Å²) in [4.78, 5) is 35.0. The Bertz CT molecular complexity index is 172. The van der Waals surface area contributed by atoms with Gasteiger partial charge < -0.3 is 46.7 Å². The van der Waals surface area contributed by atoms with E-state index >= 15 is 0 Å². The van der Waals surface area contributed by atoms with Gasteiger partial charge in [-0.2, -0.15) is 7.82 Å². The molecule has 0 bridgehead atoms. The maximum absolute atomic E-state index is 9.34. The Kier molecular flexibility index (Phi) is 85.8. The molecule has 0 saturated heterocycles. The number of phosphoric acid groups is 1. The second kappa shape index (κ2) is 29.5. The van der Waals surface area contributed by atoms with Gasteiger partial charge in [-0.1, -0.05) is 0 Å². The summed E-state index contributed by atoms with van der Waals surface area (Å²) in [7, 11) is -5.39. The minimum absolute atomic E-state index is 0. The van der Waals surface area contributed by atoms with E-state index in [1.807, 2.05) is 0 Å². The number of carboxylic acid groups (broad SMARTS) is 1. The topological polar surface area (TPSA) is 147 Å². The van der Waals surface area contributed by atoms with E-state index in [4.69, 9.17) is 24.4 Å². The van der Waals surface area contributed by atoms with Crippen LogP contribution in [0.25, 0.3) is 0 Å². The number of carbonyl (C=O) groups is 1. The van der Waals surface area contributed by atoms with Gasteiger partial charge in [0.2, 0.25) is 0 Å². The molecule has 0 aliphatic heterocycles. The van der Waals surface area contributed by atoms with Crippen LogP contribution >= 0.6 is 7.82 Å².